The van der Waals surface area contributed by atoms with Gasteiger partial charge in [-0.3, -0.25) is 38.9 Å². The zero-order chi connectivity index (χ0) is 64.7. The highest BCUT2D eigenvalue weighted by Crippen LogP contribution is 2.29. The van der Waals surface area contributed by atoms with Crippen molar-refractivity contribution in [3.63, 3.8) is 0 Å². The number of hydrogen-bond acceptors (Lipinski definition) is 14. The van der Waals surface area contributed by atoms with Crippen molar-refractivity contribution in [3.8, 4) is 28.5 Å². The Balaban J connectivity index is 0.000000141. The molecule has 0 aliphatic heterocycles. The minimum absolute atomic E-state index is 0.108. The lowest BCUT2D eigenvalue weighted by Gasteiger charge is -2.13. The van der Waals surface area contributed by atoms with E-state index in [-0.39, 0.29) is 47.0 Å². The van der Waals surface area contributed by atoms with Gasteiger partial charge in [-0.1, -0.05) is 0 Å². The summed E-state index contributed by atoms with van der Waals surface area (Å²) in [6, 6.07) is 33.3. The van der Waals surface area contributed by atoms with Crippen LogP contribution in [0.15, 0.2) is 194 Å². The van der Waals surface area contributed by atoms with Crippen LogP contribution in [0.4, 0.5) is 30.2 Å². The van der Waals surface area contributed by atoms with E-state index in [1.807, 2.05) is 26.8 Å². The topological polar surface area (TPSA) is 268 Å². The van der Waals surface area contributed by atoms with Gasteiger partial charge in [0.1, 0.15) is 17.5 Å². The van der Waals surface area contributed by atoms with E-state index < -0.39 is 0 Å². The Morgan fingerprint density at radius 1 is 0.446 bits per heavy atom. The van der Waals surface area contributed by atoms with Crippen LogP contribution in [0.2, 0.25) is 0 Å². The van der Waals surface area contributed by atoms with E-state index in [0.29, 0.717) is 101 Å². The third kappa shape index (κ3) is 13.0. The van der Waals surface area contributed by atoms with E-state index in [9.17, 15) is 37.1 Å². The standard InChI is InChI=1S/C23H20FN5O2.C22H15FN6O2.C22H18FN5O2/c1-14-10-15(23(31)28(2)3)4-9-20(14)27-22(30)19-11-25-13-21-18(19)12-26-29(21)17-7-5-16(24)6-8-17;1-13-8-14(22-28-25-12-31-22)2-7-19(13)27-21(30)18-9-24-11-20-17(18)10-26-29(20)16-5-3-15(23)4-6-16;1-13-9-14(21(29)24-2)3-8-19(13)27-22(30)18-10-25-12-20-17(18)11-26-28(20)16-6-4-15(23)5-7-16/h4-13H,1-3H3,(H,27,30);2-12H,1H3,(H,27,30);3-12H,1-2H3,(H,24,29)(H,27,30). The largest absolute Gasteiger partial charge is 0.423 e. The van der Waals surface area contributed by atoms with Crippen LogP contribution in [0.25, 0.3) is 61.2 Å². The summed E-state index contributed by atoms with van der Waals surface area (Å²) in [6.45, 7) is 5.52. The number of nitrogens with one attached hydrogen (secondary N) is 4. The van der Waals surface area contributed by atoms with E-state index in [1.165, 1.54) is 66.3 Å². The first kappa shape index (κ1) is 61.1. The molecule has 4 N–H and O–H groups in total. The molecule has 22 nitrogen and oxygen atoms in total. The van der Waals surface area contributed by atoms with Gasteiger partial charge >= 0.3 is 0 Å². The van der Waals surface area contributed by atoms with Gasteiger partial charge in [0.25, 0.3) is 29.5 Å². The molecule has 7 heterocycles. The second-order valence-electron chi connectivity index (χ2n) is 20.9. The van der Waals surface area contributed by atoms with Crippen LogP contribution in [0.1, 0.15) is 68.5 Å². The Bertz CT molecular complexity index is 4930. The van der Waals surface area contributed by atoms with Crippen molar-refractivity contribution in [2.75, 3.05) is 37.1 Å². The fourth-order valence-electron chi connectivity index (χ4n) is 9.82. The van der Waals surface area contributed by atoms with Gasteiger partial charge in [0.15, 0.2) is 0 Å². The van der Waals surface area contributed by atoms with Crippen LogP contribution >= 0.6 is 0 Å². The van der Waals surface area contributed by atoms with Gasteiger partial charge in [-0.05, 0) is 165 Å². The number of anilines is 3. The molecule has 0 fully saturated rings. The number of pyridine rings is 3. The minimum atomic E-state index is -0.345. The summed E-state index contributed by atoms with van der Waals surface area (Å²) in [4.78, 5) is 76.9. The maximum Gasteiger partial charge on any atom is 0.257 e. The van der Waals surface area contributed by atoms with Crippen LogP contribution in [0.3, 0.4) is 0 Å². The maximum absolute atomic E-state index is 13.2. The van der Waals surface area contributed by atoms with Crippen molar-refractivity contribution >= 4 is 79.3 Å². The van der Waals surface area contributed by atoms with Crippen molar-refractivity contribution in [3.05, 3.63) is 252 Å². The SMILES string of the molecule is CNC(=O)c1ccc(NC(=O)c2cncc3c2cnn3-c2ccc(F)cc2)c(C)c1.Cc1cc(-c2nnco2)ccc1NC(=O)c1cncc2c1cnn2-c1ccc(F)cc1.Cc1cc(C(=O)N(C)C)ccc1NC(=O)c1cncc2c1cnn2-c1ccc(F)cc1. The first-order chi connectivity index (χ1) is 44.4. The van der Waals surface area contributed by atoms with Gasteiger partial charge in [0.2, 0.25) is 12.3 Å². The molecular formula is C67H53F3N16O6. The highest BCUT2D eigenvalue weighted by molar-refractivity contribution is 6.14. The van der Waals surface area contributed by atoms with Gasteiger partial charge < -0.3 is 30.6 Å². The summed E-state index contributed by atoms with van der Waals surface area (Å²) in [7, 11) is 4.94. The maximum atomic E-state index is 13.2. The number of aromatic nitrogens is 11. The van der Waals surface area contributed by atoms with Gasteiger partial charge in [-0.2, -0.15) is 15.3 Å². The van der Waals surface area contributed by atoms with Crippen LogP contribution < -0.4 is 21.3 Å². The molecule has 0 atom stereocenters. The van der Waals surface area contributed by atoms with E-state index in [1.54, 1.807) is 157 Å². The Hall–Kier alpha value is -12.5. The predicted molar refractivity (Wildman–Crippen MR) is 339 cm³/mol. The summed E-state index contributed by atoms with van der Waals surface area (Å²) in [6.07, 6.45) is 15.3. The summed E-state index contributed by atoms with van der Waals surface area (Å²) in [5.41, 5.74) is 11.0. The molecule has 0 bridgehead atoms. The summed E-state index contributed by atoms with van der Waals surface area (Å²) < 4.78 is 49.7. The number of benzene rings is 6. The summed E-state index contributed by atoms with van der Waals surface area (Å²) in [5.74, 6) is -1.92. The molecular weight excluding hydrogens is 1180 g/mol. The van der Waals surface area contributed by atoms with Crippen molar-refractivity contribution in [1.82, 2.24) is 64.7 Å². The quantitative estimate of drug-likeness (QED) is 0.0886. The molecule has 13 aromatic rings. The van der Waals surface area contributed by atoms with Crippen LogP contribution in [0.5, 0.6) is 0 Å². The monoisotopic (exact) mass is 1230 g/mol. The molecule has 92 heavy (non-hydrogen) atoms. The van der Waals surface area contributed by atoms with Crippen LogP contribution in [-0.2, 0) is 0 Å². The average molecular weight is 1240 g/mol. The number of carbonyl (C=O) groups is 5. The molecule has 5 amide bonds. The zero-order valence-electron chi connectivity index (χ0n) is 49.8. The fraction of sp³-hybridized carbons (Fsp3) is 0.0896. The second-order valence-corrected chi connectivity index (χ2v) is 20.9. The van der Waals surface area contributed by atoms with Gasteiger partial charge in [0, 0.05) is 89.6 Å². The van der Waals surface area contributed by atoms with Gasteiger partial charge in [-0.25, -0.2) is 27.2 Å². The van der Waals surface area contributed by atoms with Gasteiger partial charge in [-0.15, -0.1) is 10.2 Å². The smallest absolute Gasteiger partial charge is 0.257 e. The Labute approximate surface area is 521 Å². The minimum Gasteiger partial charge on any atom is -0.423 e. The molecule has 458 valence electrons. The number of halogens is 3. The fourth-order valence-corrected chi connectivity index (χ4v) is 9.82. The van der Waals surface area contributed by atoms with Gasteiger partial charge in [0.05, 0.1) is 87.5 Å². The lowest BCUT2D eigenvalue weighted by atomic mass is 10.1. The van der Waals surface area contributed by atoms with Crippen molar-refractivity contribution in [2.24, 2.45) is 0 Å². The molecule has 7 aromatic heterocycles. The van der Waals surface area contributed by atoms with Crippen LogP contribution in [0, 0.1) is 38.2 Å². The highest BCUT2D eigenvalue weighted by Gasteiger charge is 2.21. The number of fused-ring (bicyclic) bond motifs is 3. The van der Waals surface area contributed by atoms with E-state index in [0.717, 1.165) is 22.3 Å². The number of nitrogens with zero attached hydrogens (tertiary/aromatic N) is 12. The molecule has 13 rings (SSSR count). The molecule has 0 radical (unpaired) electrons. The molecule has 0 saturated heterocycles. The second kappa shape index (κ2) is 26.4. The molecule has 25 heteroatoms. The first-order valence-electron chi connectivity index (χ1n) is 28.1. The number of aryl methyl sites for hydroxylation is 3. The molecule has 0 spiro atoms. The highest BCUT2D eigenvalue weighted by atomic mass is 19.1. The zero-order valence-corrected chi connectivity index (χ0v) is 49.8. The Kier molecular flexibility index (Phi) is 17.6. The number of rotatable bonds is 12. The lowest BCUT2D eigenvalue weighted by Crippen LogP contribution is -2.22. The summed E-state index contributed by atoms with van der Waals surface area (Å²) >= 11 is 0. The van der Waals surface area contributed by atoms with Crippen molar-refractivity contribution in [1.29, 1.82) is 0 Å². The van der Waals surface area contributed by atoms with E-state index in [2.05, 4.69) is 61.7 Å². The predicted octanol–water partition coefficient (Wildman–Crippen LogP) is 11.5. The Morgan fingerprint density at radius 3 is 1.16 bits per heavy atom. The summed E-state index contributed by atoms with van der Waals surface area (Å²) in [5, 5.41) is 33.7. The average Bonchev–Trinajstić information content (AvgIpc) is 1.65. The molecule has 0 saturated carbocycles. The van der Waals surface area contributed by atoms with Crippen molar-refractivity contribution in [2.45, 2.75) is 20.8 Å². The number of amides is 5. The van der Waals surface area contributed by atoms with Crippen LogP contribution in [-0.4, -0.2) is 110 Å². The normalized spacial score (nSPS) is 10.9. The Morgan fingerprint density at radius 2 is 0.815 bits per heavy atom. The first-order valence-corrected chi connectivity index (χ1v) is 28.1. The molecule has 0 unspecified atom stereocenters. The molecule has 0 aliphatic rings. The van der Waals surface area contributed by atoms with E-state index >= 15 is 0 Å². The lowest BCUT2D eigenvalue weighted by molar-refractivity contribution is 0.0826. The third-order valence-electron chi connectivity index (χ3n) is 14.6. The van der Waals surface area contributed by atoms with E-state index in [4.69, 9.17) is 4.42 Å². The molecule has 0 aliphatic carbocycles. The third-order valence-corrected chi connectivity index (χ3v) is 14.6. The number of hydrogen-bond donors (Lipinski definition) is 4. The number of carbonyl (C=O) groups excluding carboxylic acids is 5. The van der Waals surface area contributed by atoms with Crippen molar-refractivity contribution < 1.29 is 41.6 Å². The molecule has 6 aromatic carbocycles.